The van der Waals surface area contributed by atoms with Gasteiger partial charge in [-0.3, -0.25) is 4.79 Å². The van der Waals surface area contributed by atoms with Crippen molar-refractivity contribution in [1.82, 2.24) is 5.32 Å². The van der Waals surface area contributed by atoms with Crippen molar-refractivity contribution in [3.05, 3.63) is 0 Å². The first-order valence-electron chi connectivity index (χ1n) is 47.8. The first-order valence-corrected chi connectivity index (χ1v) is 47.8. The third-order valence-corrected chi connectivity index (χ3v) is 24.4. The van der Waals surface area contributed by atoms with Crippen LogP contribution in [0.15, 0.2) is 0 Å². The molecule has 19 heteroatoms. The van der Waals surface area contributed by atoms with Crippen LogP contribution < -0.4 is 5.32 Å². The fourth-order valence-corrected chi connectivity index (χ4v) is 16.9. The number of carbonyl (C=O) groups excluding carboxylic acids is 1. The third-order valence-electron chi connectivity index (χ3n) is 24.4. The number of nitrogens with one attached hydrogen (secondary N) is 1. The van der Waals surface area contributed by atoms with Crippen LogP contribution in [0, 0.1) is 0 Å². The number of unbranched alkanes of at least 4 members (excludes halogenated alkanes) is 64. The average Bonchev–Trinajstić information content (AvgIpc) is 0.780. The van der Waals surface area contributed by atoms with E-state index in [1.54, 1.807) is 0 Å². The quantitative estimate of drug-likeness (QED) is 0.0252. The van der Waals surface area contributed by atoms with Crippen LogP contribution in [0.5, 0.6) is 0 Å². The third kappa shape index (κ3) is 51.1. The van der Waals surface area contributed by atoms with Crippen molar-refractivity contribution < 1.29 is 89.4 Å². The molecule has 0 aromatic carbocycles. The van der Waals surface area contributed by atoms with Gasteiger partial charge in [0.15, 0.2) is 18.9 Å². The number of aliphatic hydroxyl groups is 11. The molecule has 1 amide bonds. The zero-order valence-corrected chi connectivity index (χ0v) is 71.5. The molecule has 3 aliphatic heterocycles. The SMILES string of the molecule is CCCCCCCCCCCCCCCCCCCCCCCCCCCCCCCCCCCCCCCCCCCC(=O)NC(COC1OC(CO)C(OC2OC(CO)C(OC3OC(CO)C(O)C(O)C3O)C(O)C2O)C(O)C1O)C(O)CCCCCCCCCCCCCCCCCCCCCCCCCCC. The van der Waals surface area contributed by atoms with E-state index in [0.29, 0.717) is 12.8 Å². The number of hydrogen-bond donors (Lipinski definition) is 12. The molecule has 0 spiro atoms. The summed E-state index contributed by atoms with van der Waals surface area (Å²) >= 11 is 0. The summed E-state index contributed by atoms with van der Waals surface area (Å²) in [7, 11) is 0. The second-order valence-electron chi connectivity index (χ2n) is 34.6. The molecule has 3 fully saturated rings. The first kappa shape index (κ1) is 104. The van der Waals surface area contributed by atoms with E-state index in [1.807, 2.05) is 0 Å². The van der Waals surface area contributed by atoms with Gasteiger partial charge in [0.25, 0.3) is 0 Å². The van der Waals surface area contributed by atoms with Crippen molar-refractivity contribution in [3.8, 4) is 0 Å². The Labute approximate surface area is 678 Å². The molecule has 3 aliphatic rings. The summed E-state index contributed by atoms with van der Waals surface area (Å²) in [4.78, 5) is 13.6. The van der Waals surface area contributed by atoms with Gasteiger partial charge in [-0.05, 0) is 12.8 Å². The van der Waals surface area contributed by atoms with Gasteiger partial charge in [0, 0.05) is 6.42 Å². The normalized spacial score (nSPS) is 24.9. The van der Waals surface area contributed by atoms with Crippen molar-refractivity contribution in [3.63, 3.8) is 0 Å². The number of aliphatic hydroxyl groups excluding tert-OH is 11. The number of hydrogen-bond acceptors (Lipinski definition) is 18. The van der Waals surface area contributed by atoms with E-state index < -0.39 is 124 Å². The Kier molecular flexibility index (Phi) is 68.2. The molecule has 111 heavy (non-hydrogen) atoms. The Bertz CT molecular complexity index is 2000. The highest BCUT2D eigenvalue weighted by Crippen LogP contribution is 2.34. The average molecular weight is 1590 g/mol. The molecule has 0 aromatic rings. The van der Waals surface area contributed by atoms with Crippen LogP contribution in [0.3, 0.4) is 0 Å². The summed E-state index contributed by atoms with van der Waals surface area (Å²) in [5.41, 5.74) is 0. The fourth-order valence-electron chi connectivity index (χ4n) is 16.9. The van der Waals surface area contributed by atoms with Crippen molar-refractivity contribution >= 4 is 5.91 Å². The first-order chi connectivity index (χ1) is 54.3. The minimum atomic E-state index is -1.97. The van der Waals surface area contributed by atoms with Gasteiger partial charge in [-0.2, -0.15) is 0 Å². The maximum Gasteiger partial charge on any atom is 0.220 e. The zero-order chi connectivity index (χ0) is 80.3. The molecule has 3 saturated heterocycles. The minimum absolute atomic E-state index is 0.230. The van der Waals surface area contributed by atoms with Crippen LogP contribution in [-0.2, 0) is 33.2 Å². The van der Waals surface area contributed by atoms with Crippen molar-refractivity contribution in [1.29, 1.82) is 0 Å². The maximum atomic E-state index is 13.6. The van der Waals surface area contributed by atoms with E-state index in [9.17, 15) is 61.0 Å². The van der Waals surface area contributed by atoms with Gasteiger partial charge >= 0.3 is 0 Å². The summed E-state index contributed by atoms with van der Waals surface area (Å²) in [5, 5.41) is 121. The van der Waals surface area contributed by atoms with Crippen LogP contribution in [-0.4, -0.2) is 193 Å². The summed E-state index contributed by atoms with van der Waals surface area (Å²) in [5.74, 6) is -0.230. The summed E-state index contributed by atoms with van der Waals surface area (Å²) in [6, 6.07) is -0.885. The lowest BCUT2D eigenvalue weighted by Crippen LogP contribution is -2.66. The van der Waals surface area contributed by atoms with Crippen LogP contribution in [0.1, 0.15) is 450 Å². The lowest BCUT2D eigenvalue weighted by Gasteiger charge is -2.48. The second kappa shape index (κ2) is 72.8. The van der Waals surface area contributed by atoms with Gasteiger partial charge in [0.1, 0.15) is 73.2 Å². The molecule has 0 bridgehead atoms. The molecule has 17 atom stereocenters. The van der Waals surface area contributed by atoms with E-state index in [2.05, 4.69) is 19.2 Å². The van der Waals surface area contributed by atoms with Gasteiger partial charge in [-0.1, -0.05) is 431 Å². The maximum absolute atomic E-state index is 13.6. The second-order valence-corrected chi connectivity index (χ2v) is 34.6. The molecule has 0 radical (unpaired) electrons. The van der Waals surface area contributed by atoms with Gasteiger partial charge in [-0.15, -0.1) is 0 Å². The van der Waals surface area contributed by atoms with E-state index in [1.165, 1.54) is 372 Å². The summed E-state index contributed by atoms with van der Waals surface area (Å²) in [6.45, 7) is 1.90. The molecule has 19 nitrogen and oxygen atoms in total. The van der Waals surface area contributed by atoms with Crippen LogP contribution in [0.2, 0.25) is 0 Å². The topological polar surface area (TPSA) is 307 Å². The van der Waals surface area contributed by atoms with Crippen molar-refractivity contribution in [2.75, 3.05) is 26.4 Å². The lowest BCUT2D eigenvalue weighted by atomic mass is 9.96. The highest BCUT2D eigenvalue weighted by Gasteiger charge is 2.54. The number of carbonyl (C=O) groups is 1. The predicted octanol–water partition coefficient (Wildman–Crippen LogP) is 18.9. The van der Waals surface area contributed by atoms with Crippen molar-refractivity contribution in [2.45, 2.75) is 555 Å². The van der Waals surface area contributed by atoms with E-state index in [0.717, 1.165) is 44.9 Å². The Morgan fingerprint density at radius 2 is 0.514 bits per heavy atom. The minimum Gasteiger partial charge on any atom is -0.394 e. The Balaban J connectivity index is 1.27. The van der Waals surface area contributed by atoms with Crippen LogP contribution in [0.4, 0.5) is 0 Å². The molecule has 660 valence electrons. The van der Waals surface area contributed by atoms with Crippen molar-refractivity contribution in [2.24, 2.45) is 0 Å². The van der Waals surface area contributed by atoms with Gasteiger partial charge in [0.05, 0.1) is 38.6 Å². The predicted molar refractivity (Wildman–Crippen MR) is 448 cm³/mol. The molecule has 0 aromatic heterocycles. The molecule has 12 N–H and O–H groups in total. The summed E-state index contributed by atoms with van der Waals surface area (Å²) in [6.07, 6.45) is 62.5. The zero-order valence-electron chi connectivity index (χ0n) is 71.5. The summed E-state index contributed by atoms with van der Waals surface area (Å²) < 4.78 is 34.6. The van der Waals surface area contributed by atoms with E-state index >= 15 is 0 Å². The standard InChI is InChI=1S/C92H179NO18/c1-3-5-7-9-11-13-15-17-19-21-23-25-27-29-30-31-32-33-34-35-36-37-38-39-40-41-42-43-44-46-48-50-52-54-56-58-60-62-64-66-68-70-80(98)93-75(76(97)69-67-65-63-61-59-57-55-53-51-49-47-45-28-26-24-22-20-18-16-14-12-10-8-6-4-2)74-106-90-86(104)83(101)88(78(72-95)108-90)111-92-87(105)84(102)89(79(73-96)109-92)110-91-85(103)82(100)81(99)77(71-94)107-91/h75-79,81-92,94-97,99-105H,3-74H2,1-2H3,(H,93,98). The molecule has 0 saturated carbocycles. The van der Waals surface area contributed by atoms with Gasteiger partial charge in [0.2, 0.25) is 5.91 Å². The lowest BCUT2D eigenvalue weighted by molar-refractivity contribution is -0.379. The molecule has 0 aliphatic carbocycles. The number of ether oxygens (including phenoxy) is 6. The smallest absolute Gasteiger partial charge is 0.220 e. The number of amides is 1. The largest absolute Gasteiger partial charge is 0.394 e. The highest BCUT2D eigenvalue weighted by molar-refractivity contribution is 5.76. The van der Waals surface area contributed by atoms with Crippen LogP contribution >= 0.6 is 0 Å². The van der Waals surface area contributed by atoms with Crippen LogP contribution in [0.25, 0.3) is 0 Å². The van der Waals surface area contributed by atoms with Gasteiger partial charge in [-0.25, -0.2) is 0 Å². The monoisotopic (exact) mass is 1590 g/mol. The van der Waals surface area contributed by atoms with Gasteiger partial charge < -0.3 is 89.9 Å². The Morgan fingerprint density at radius 1 is 0.288 bits per heavy atom. The van der Waals surface area contributed by atoms with E-state index in [4.69, 9.17) is 28.4 Å². The number of rotatable bonds is 80. The molecule has 17 unspecified atom stereocenters. The molecule has 3 heterocycles. The highest BCUT2D eigenvalue weighted by atomic mass is 16.8. The molecule has 3 rings (SSSR count). The Morgan fingerprint density at radius 3 is 0.784 bits per heavy atom. The molecular formula is C92H179NO18. The fraction of sp³-hybridized carbons (Fsp3) is 0.989. The molecular weight excluding hydrogens is 1410 g/mol. The van der Waals surface area contributed by atoms with E-state index in [-0.39, 0.29) is 18.9 Å². The Hall–Kier alpha value is -1.21.